The van der Waals surface area contributed by atoms with Crippen LogP contribution in [0, 0.1) is 0 Å². The van der Waals surface area contributed by atoms with Crippen LogP contribution in [0.4, 0.5) is 9.80 Å². The summed E-state index contributed by atoms with van der Waals surface area (Å²) in [5.74, 6) is -0.570. The van der Waals surface area contributed by atoms with Crippen LogP contribution in [0.2, 0.25) is 5.15 Å². The van der Waals surface area contributed by atoms with Crippen LogP contribution in [0.3, 0.4) is 0 Å². The average Bonchev–Trinajstić information content (AvgIpc) is 2.73. The number of thiophene rings is 1. The molecule has 2 aromatic rings. The monoisotopic (exact) mass is 356 g/mol. The topological polar surface area (TPSA) is 77.5 Å². The number of fused-ring (bicyclic) bond motifs is 1. The van der Waals surface area contributed by atoms with Crippen LogP contribution >= 0.6 is 22.9 Å². The van der Waals surface area contributed by atoms with E-state index >= 15 is 0 Å². The van der Waals surface area contributed by atoms with Gasteiger partial charge in [-0.25, -0.2) is 14.6 Å². The number of hydrogen-bond donors (Lipinski definition) is 1. The van der Waals surface area contributed by atoms with Crippen molar-refractivity contribution in [2.45, 2.75) is 33.3 Å². The zero-order chi connectivity index (χ0) is 17.2. The van der Waals surface area contributed by atoms with Gasteiger partial charge >= 0.3 is 12.1 Å². The van der Waals surface area contributed by atoms with Gasteiger partial charge in [0.25, 0.3) is 0 Å². The number of rotatable bonds is 3. The summed E-state index contributed by atoms with van der Waals surface area (Å²) in [4.78, 5) is 28.4. The number of esters is 1. The van der Waals surface area contributed by atoms with E-state index in [4.69, 9.17) is 21.1 Å². The van der Waals surface area contributed by atoms with Crippen molar-refractivity contribution in [3.63, 3.8) is 0 Å². The molecule has 0 atom stereocenters. The maximum absolute atomic E-state index is 12.2. The first-order chi connectivity index (χ1) is 10.7. The van der Waals surface area contributed by atoms with Crippen molar-refractivity contribution in [1.29, 1.82) is 0 Å². The molecular weight excluding hydrogens is 340 g/mol. The molecule has 0 bridgehead atoms. The second kappa shape index (κ2) is 6.72. The molecule has 2 rings (SSSR count). The van der Waals surface area contributed by atoms with Crippen molar-refractivity contribution in [2.24, 2.45) is 0 Å². The number of nitrogens with zero attached hydrogens (tertiary/aromatic N) is 1. The number of anilines is 1. The number of aromatic nitrogens is 1. The highest BCUT2D eigenvalue weighted by atomic mass is 35.5. The fraction of sp³-hybridized carbons (Fsp3) is 0.400. The van der Waals surface area contributed by atoms with Gasteiger partial charge in [-0.3, -0.25) is 5.32 Å². The van der Waals surface area contributed by atoms with Crippen molar-refractivity contribution >= 4 is 50.2 Å². The third-order valence-electron chi connectivity index (χ3n) is 2.59. The molecular formula is C15H17ClN2O4S. The minimum atomic E-state index is -0.652. The van der Waals surface area contributed by atoms with E-state index in [1.54, 1.807) is 39.8 Å². The van der Waals surface area contributed by atoms with E-state index in [-0.39, 0.29) is 17.3 Å². The molecule has 8 heteroatoms. The summed E-state index contributed by atoms with van der Waals surface area (Å²) in [6.07, 6.45) is -0.652. The first kappa shape index (κ1) is 17.5. The van der Waals surface area contributed by atoms with Gasteiger partial charge in [-0.05, 0) is 39.8 Å². The molecule has 0 saturated heterocycles. The van der Waals surface area contributed by atoms with Gasteiger partial charge in [-0.2, -0.15) is 0 Å². The second-order valence-corrected chi connectivity index (χ2v) is 7.07. The molecule has 1 N–H and O–H groups in total. The number of hydrogen-bond acceptors (Lipinski definition) is 6. The predicted octanol–water partition coefficient (Wildman–Crippen LogP) is 4.47. The summed E-state index contributed by atoms with van der Waals surface area (Å²) in [6, 6.07) is 3.35. The van der Waals surface area contributed by atoms with Crippen molar-refractivity contribution in [2.75, 3.05) is 11.9 Å². The van der Waals surface area contributed by atoms with Gasteiger partial charge < -0.3 is 9.47 Å². The Hall–Kier alpha value is -1.86. The highest BCUT2D eigenvalue weighted by Crippen LogP contribution is 2.36. The first-order valence-corrected chi connectivity index (χ1v) is 8.17. The Morgan fingerprint density at radius 1 is 1.35 bits per heavy atom. The predicted molar refractivity (Wildman–Crippen MR) is 90.4 cm³/mol. The average molecular weight is 357 g/mol. The van der Waals surface area contributed by atoms with Crippen LogP contribution in [0.15, 0.2) is 12.1 Å². The normalized spacial score (nSPS) is 11.3. The first-order valence-electron chi connectivity index (χ1n) is 6.97. The molecule has 0 aromatic carbocycles. The Morgan fingerprint density at radius 3 is 2.65 bits per heavy atom. The highest BCUT2D eigenvalue weighted by molar-refractivity contribution is 7.23. The number of carbonyl (C=O) groups is 2. The van der Waals surface area contributed by atoms with Crippen LogP contribution in [0.25, 0.3) is 10.2 Å². The van der Waals surface area contributed by atoms with E-state index in [1.165, 1.54) is 11.3 Å². The molecule has 23 heavy (non-hydrogen) atoms. The lowest BCUT2D eigenvalue weighted by molar-refractivity contribution is 0.0530. The molecule has 0 spiro atoms. The zero-order valence-electron chi connectivity index (χ0n) is 13.2. The van der Waals surface area contributed by atoms with E-state index in [1.807, 2.05) is 0 Å². The number of nitrogens with one attached hydrogen (secondary N) is 1. The van der Waals surface area contributed by atoms with E-state index in [2.05, 4.69) is 10.3 Å². The quantitative estimate of drug-likeness (QED) is 0.648. The van der Waals surface area contributed by atoms with Gasteiger partial charge in [0, 0.05) is 0 Å². The summed E-state index contributed by atoms with van der Waals surface area (Å²) in [6.45, 7) is 7.18. The van der Waals surface area contributed by atoms with Gasteiger partial charge in [-0.1, -0.05) is 11.6 Å². The van der Waals surface area contributed by atoms with Crippen LogP contribution in [-0.2, 0) is 9.47 Å². The van der Waals surface area contributed by atoms with Crippen LogP contribution in [0.1, 0.15) is 38.1 Å². The Morgan fingerprint density at radius 2 is 2.04 bits per heavy atom. The van der Waals surface area contributed by atoms with Crippen LogP contribution in [-0.4, -0.2) is 29.3 Å². The molecule has 2 heterocycles. The fourth-order valence-electron chi connectivity index (χ4n) is 1.83. The minimum absolute atomic E-state index is 0.181. The summed E-state index contributed by atoms with van der Waals surface area (Å²) >= 11 is 7.11. The molecule has 0 saturated carbocycles. The molecule has 0 aliphatic carbocycles. The van der Waals surface area contributed by atoms with Crippen molar-refractivity contribution in [3.8, 4) is 0 Å². The van der Waals surface area contributed by atoms with Crippen molar-refractivity contribution in [3.05, 3.63) is 22.8 Å². The minimum Gasteiger partial charge on any atom is -0.462 e. The molecule has 0 fully saturated rings. The second-order valence-electron chi connectivity index (χ2n) is 5.63. The molecule has 1 amide bonds. The van der Waals surface area contributed by atoms with Crippen molar-refractivity contribution in [1.82, 2.24) is 4.98 Å². The maximum Gasteiger partial charge on any atom is 0.412 e. The third kappa shape index (κ3) is 4.33. The summed E-state index contributed by atoms with van der Waals surface area (Å²) < 4.78 is 11.0. The Labute approximate surface area is 142 Å². The smallest absolute Gasteiger partial charge is 0.412 e. The summed E-state index contributed by atoms with van der Waals surface area (Å²) in [5, 5.41) is 3.16. The number of ether oxygens (including phenoxy) is 2. The van der Waals surface area contributed by atoms with Gasteiger partial charge in [0.05, 0.1) is 16.8 Å². The third-order valence-corrected chi connectivity index (χ3v) is 3.86. The van der Waals surface area contributed by atoms with Gasteiger partial charge in [0.15, 0.2) is 0 Å². The van der Waals surface area contributed by atoms with Crippen LogP contribution in [0.5, 0.6) is 0 Å². The fourth-order valence-corrected chi connectivity index (χ4v) is 2.99. The molecule has 124 valence electrons. The Balaban J connectivity index is 2.43. The van der Waals surface area contributed by atoms with Gasteiger partial charge in [-0.15, -0.1) is 11.3 Å². The Kier molecular flexibility index (Phi) is 5.11. The van der Waals surface area contributed by atoms with E-state index in [0.717, 1.165) is 0 Å². The Bertz CT molecular complexity index is 752. The zero-order valence-corrected chi connectivity index (χ0v) is 14.8. The number of halogens is 1. The molecule has 0 unspecified atom stereocenters. The number of pyridine rings is 1. The van der Waals surface area contributed by atoms with Gasteiger partial charge in [0.1, 0.15) is 21.3 Å². The number of amides is 1. The lowest BCUT2D eigenvalue weighted by atomic mass is 10.2. The molecule has 0 radical (unpaired) electrons. The molecule has 0 aliphatic heterocycles. The van der Waals surface area contributed by atoms with Crippen molar-refractivity contribution < 1.29 is 19.1 Å². The lowest BCUT2D eigenvalue weighted by Gasteiger charge is -2.19. The molecule has 0 aliphatic rings. The maximum atomic E-state index is 12.2. The molecule has 6 nitrogen and oxygen atoms in total. The standard InChI is InChI=1S/C15H17ClN2O4S/c1-5-21-13(19)10-11-8(6-7-9(16)17-11)23-12(10)18-14(20)22-15(2,3)4/h6-7H,5H2,1-4H3,(H,18,20). The van der Waals surface area contributed by atoms with E-state index in [0.29, 0.717) is 15.2 Å². The summed E-state index contributed by atoms with van der Waals surface area (Å²) in [7, 11) is 0. The van der Waals surface area contributed by atoms with Crippen LogP contribution < -0.4 is 5.32 Å². The van der Waals surface area contributed by atoms with E-state index < -0.39 is 17.7 Å². The lowest BCUT2D eigenvalue weighted by Crippen LogP contribution is -2.27. The van der Waals surface area contributed by atoms with Gasteiger partial charge in [0.2, 0.25) is 0 Å². The summed E-state index contributed by atoms with van der Waals surface area (Å²) in [5.41, 5.74) is -0.0703. The highest BCUT2D eigenvalue weighted by Gasteiger charge is 2.25. The SMILES string of the molecule is CCOC(=O)c1c(NC(=O)OC(C)(C)C)sc2ccc(Cl)nc12. The largest absolute Gasteiger partial charge is 0.462 e. The molecule has 2 aromatic heterocycles. The van der Waals surface area contributed by atoms with E-state index in [9.17, 15) is 9.59 Å². The number of carbonyl (C=O) groups excluding carboxylic acids is 2.